The summed E-state index contributed by atoms with van der Waals surface area (Å²) in [5, 5.41) is 24.2. The van der Waals surface area contributed by atoms with E-state index in [0.29, 0.717) is 33.6 Å². The maximum absolute atomic E-state index is 14.1. The predicted molar refractivity (Wildman–Crippen MR) is 241 cm³/mol. The number of carbonyl (C=O) groups excluding carboxylic acids is 4. The maximum Gasteiger partial charge on any atom is 0.573 e. The summed E-state index contributed by atoms with van der Waals surface area (Å²) in [6.07, 6.45) is -9.51. The molecule has 0 heterocycles. The number of nitrogen functional groups attached to an aromatic ring is 2. The highest BCUT2D eigenvalue weighted by Crippen LogP contribution is 2.38. The third-order valence-electron chi connectivity index (χ3n) is 10.4. The Morgan fingerprint density at radius 2 is 0.768 bits per heavy atom. The summed E-state index contributed by atoms with van der Waals surface area (Å²) in [5.74, 6) is -4.59. The molecule has 0 aromatic heterocycles. The zero-order valence-corrected chi connectivity index (χ0v) is 35.8. The van der Waals surface area contributed by atoms with E-state index in [1.165, 1.54) is 60.7 Å². The first kappa shape index (κ1) is 50.2. The number of aliphatic hydroxyl groups is 2. The molecule has 0 fully saturated rings. The number of hydrogen-bond donors (Lipinski definition) is 4. The van der Waals surface area contributed by atoms with Gasteiger partial charge in [-0.1, -0.05) is 60.7 Å². The fraction of sp³-hybridized carbons (Fsp3) is 0.137. The van der Waals surface area contributed by atoms with Crippen LogP contribution in [0.1, 0.15) is 43.0 Å². The molecule has 0 aliphatic heterocycles. The number of esters is 2. The van der Waals surface area contributed by atoms with Crippen LogP contribution in [0.4, 0.5) is 37.7 Å². The van der Waals surface area contributed by atoms with Gasteiger partial charge in [0, 0.05) is 16.8 Å². The van der Waals surface area contributed by atoms with Crippen LogP contribution >= 0.6 is 0 Å². The molecule has 0 aliphatic rings. The summed E-state index contributed by atoms with van der Waals surface area (Å²) in [4.78, 5) is 53.6. The largest absolute Gasteiger partial charge is 0.573 e. The van der Waals surface area contributed by atoms with Crippen LogP contribution in [0.25, 0.3) is 12.2 Å². The fourth-order valence-corrected chi connectivity index (χ4v) is 6.95. The summed E-state index contributed by atoms with van der Waals surface area (Å²) in [5.41, 5.74) is 12.6. The van der Waals surface area contributed by atoms with Crippen LogP contribution in [0.15, 0.2) is 158 Å². The number of nitrogens with two attached hydrogens (primary N) is 2. The molecular formula is C51H40F6N2O10. The minimum atomic E-state index is -4.90. The summed E-state index contributed by atoms with van der Waals surface area (Å²) >= 11 is 0. The van der Waals surface area contributed by atoms with Gasteiger partial charge in [0.2, 0.25) is 0 Å². The Morgan fingerprint density at radius 1 is 0.464 bits per heavy atom. The van der Waals surface area contributed by atoms with Crippen LogP contribution < -0.4 is 30.4 Å². The van der Waals surface area contributed by atoms with Crippen molar-refractivity contribution in [2.45, 2.75) is 37.8 Å². The molecule has 356 valence electrons. The van der Waals surface area contributed by atoms with Gasteiger partial charge in [0.15, 0.2) is 11.6 Å². The number of rotatable bonds is 18. The van der Waals surface area contributed by atoms with Gasteiger partial charge in [-0.2, -0.15) is 0 Å². The average Bonchev–Trinajstić information content (AvgIpc) is 3.31. The average molecular weight is 955 g/mol. The van der Waals surface area contributed by atoms with E-state index in [9.17, 15) is 55.7 Å². The van der Waals surface area contributed by atoms with Crippen molar-refractivity contribution in [1.82, 2.24) is 0 Å². The van der Waals surface area contributed by atoms with Crippen LogP contribution in [0.5, 0.6) is 23.0 Å². The third kappa shape index (κ3) is 14.4. The van der Waals surface area contributed by atoms with E-state index in [0.717, 1.165) is 60.7 Å². The van der Waals surface area contributed by atoms with E-state index in [4.69, 9.17) is 20.9 Å². The Bertz CT molecular complexity index is 2600. The molecule has 0 saturated heterocycles. The molecule has 6 N–H and O–H groups in total. The highest BCUT2D eigenvalue weighted by Gasteiger charge is 2.49. The SMILES string of the molecule is Nc1ccc(CC(Cc2ccc(N)cc2)(C(O)C(=O)/C=C/c2ccc(C(=O)Oc3ccc(OC(F)(F)F)cc3)cc2)C(O)C(=O)/C=C/c2ccc(C(=O)Oc3ccc(OC(F)(F)F)cc3)cc2)cc1. The fourth-order valence-electron chi connectivity index (χ4n) is 6.95. The summed E-state index contributed by atoms with van der Waals surface area (Å²) < 4.78 is 93.1. The Morgan fingerprint density at radius 3 is 1.07 bits per heavy atom. The van der Waals surface area contributed by atoms with Gasteiger partial charge in [-0.05, 0) is 144 Å². The number of benzene rings is 6. The van der Waals surface area contributed by atoms with Crippen LogP contribution in [-0.2, 0) is 22.4 Å². The maximum atomic E-state index is 14.1. The zero-order chi connectivity index (χ0) is 49.9. The molecule has 69 heavy (non-hydrogen) atoms. The van der Waals surface area contributed by atoms with Gasteiger partial charge in [0.05, 0.1) is 11.1 Å². The summed E-state index contributed by atoms with van der Waals surface area (Å²) in [6.45, 7) is 0. The standard InChI is InChI=1S/C51H40F6N2O10/c52-50(53,54)68-41-23-19-39(20-24-41)66-47(64)35-11-1-31(2-12-35)9-27-43(60)45(62)49(29-33-5-15-37(58)16-6-33,30-34-7-17-38(59)18-8-34)46(63)44(61)28-10-32-3-13-36(14-4-32)48(65)67-40-21-25-42(26-22-40)69-51(55,56)57/h1-28,45-46,62-63H,29-30,58-59H2/b27-9+,28-10+. The molecule has 18 heteroatoms. The van der Waals surface area contributed by atoms with Crippen molar-refractivity contribution < 1.29 is 74.7 Å². The van der Waals surface area contributed by atoms with Gasteiger partial charge in [0.25, 0.3) is 0 Å². The molecule has 0 radical (unpaired) electrons. The number of ether oxygens (including phenoxy) is 4. The molecule has 2 atom stereocenters. The van der Waals surface area contributed by atoms with Crippen molar-refractivity contribution in [3.8, 4) is 23.0 Å². The Kier molecular flexibility index (Phi) is 15.7. The van der Waals surface area contributed by atoms with Crippen molar-refractivity contribution in [3.63, 3.8) is 0 Å². The first-order valence-corrected chi connectivity index (χ1v) is 20.5. The molecule has 0 bridgehead atoms. The predicted octanol–water partition coefficient (Wildman–Crippen LogP) is 9.14. The first-order valence-electron chi connectivity index (χ1n) is 20.5. The molecule has 6 aromatic carbocycles. The molecule has 6 rings (SSSR count). The van der Waals surface area contributed by atoms with E-state index in [2.05, 4.69) is 9.47 Å². The summed E-state index contributed by atoms with van der Waals surface area (Å²) in [7, 11) is 0. The van der Waals surface area contributed by atoms with Gasteiger partial charge in [0.1, 0.15) is 35.2 Å². The van der Waals surface area contributed by atoms with E-state index in [-0.39, 0.29) is 35.5 Å². The first-order chi connectivity index (χ1) is 32.6. The molecule has 2 unspecified atom stereocenters. The van der Waals surface area contributed by atoms with Crippen LogP contribution in [0.3, 0.4) is 0 Å². The van der Waals surface area contributed by atoms with E-state index in [1.807, 2.05) is 0 Å². The molecule has 0 amide bonds. The van der Waals surface area contributed by atoms with Crippen LogP contribution in [-0.4, -0.2) is 58.7 Å². The molecule has 0 spiro atoms. The van der Waals surface area contributed by atoms with E-state index in [1.54, 1.807) is 48.5 Å². The number of alkyl halides is 6. The van der Waals surface area contributed by atoms with E-state index < -0.39 is 65.4 Å². The number of aliphatic hydroxyl groups excluding tert-OH is 2. The van der Waals surface area contributed by atoms with Gasteiger partial charge < -0.3 is 40.6 Å². The monoisotopic (exact) mass is 954 g/mol. The van der Waals surface area contributed by atoms with Crippen molar-refractivity contribution in [2.24, 2.45) is 5.41 Å². The van der Waals surface area contributed by atoms with Crippen molar-refractivity contribution in [2.75, 3.05) is 11.5 Å². The lowest BCUT2D eigenvalue weighted by Crippen LogP contribution is -2.54. The lowest BCUT2D eigenvalue weighted by molar-refractivity contribution is -0.275. The Hall–Kier alpha value is -8.22. The van der Waals surface area contributed by atoms with Crippen LogP contribution in [0.2, 0.25) is 0 Å². The van der Waals surface area contributed by atoms with Gasteiger partial charge in [-0.25, -0.2) is 9.59 Å². The van der Waals surface area contributed by atoms with E-state index >= 15 is 0 Å². The van der Waals surface area contributed by atoms with Gasteiger partial charge in [-0.3, -0.25) is 9.59 Å². The number of ketones is 2. The van der Waals surface area contributed by atoms with Crippen molar-refractivity contribution >= 4 is 47.0 Å². The highest BCUT2D eigenvalue weighted by atomic mass is 19.4. The number of carbonyl (C=O) groups is 4. The smallest absolute Gasteiger partial charge is 0.423 e. The zero-order valence-electron chi connectivity index (χ0n) is 35.8. The summed E-state index contributed by atoms with van der Waals surface area (Å²) in [6, 6.07) is 32.5. The quantitative estimate of drug-likeness (QED) is 0.0210. The van der Waals surface area contributed by atoms with Gasteiger partial charge in [-0.15, -0.1) is 26.3 Å². The molecule has 6 aromatic rings. The minimum Gasteiger partial charge on any atom is -0.423 e. The highest BCUT2D eigenvalue weighted by molar-refractivity contribution is 6.01. The minimum absolute atomic E-state index is 0.0540. The number of halogens is 6. The second-order valence-corrected chi connectivity index (χ2v) is 15.4. The Labute approximate surface area is 389 Å². The lowest BCUT2D eigenvalue weighted by Gasteiger charge is -2.40. The van der Waals surface area contributed by atoms with Crippen LogP contribution in [0, 0.1) is 5.41 Å². The number of anilines is 2. The van der Waals surface area contributed by atoms with Crippen molar-refractivity contribution in [1.29, 1.82) is 0 Å². The topological polar surface area (TPSA) is 198 Å². The second kappa shape index (κ2) is 21.6. The number of hydrogen-bond acceptors (Lipinski definition) is 12. The van der Waals surface area contributed by atoms with Crippen molar-refractivity contribution in [3.05, 3.63) is 191 Å². The van der Waals surface area contributed by atoms with Gasteiger partial charge >= 0.3 is 24.7 Å². The third-order valence-corrected chi connectivity index (χ3v) is 10.4. The molecular weight excluding hydrogens is 915 g/mol. The molecule has 0 aliphatic carbocycles. The second-order valence-electron chi connectivity index (χ2n) is 15.4. The lowest BCUT2D eigenvalue weighted by atomic mass is 9.66. The normalized spacial score (nSPS) is 12.9. The molecule has 12 nitrogen and oxygen atoms in total. The molecule has 0 saturated carbocycles. The Balaban J connectivity index is 1.21.